The SMILES string of the molecule is Cc1cccc(NC(=O)[C@@H](C)Oc2cc(C)ccc2Cl)c1. The fraction of sp³-hybridized carbons (Fsp3) is 0.235. The van der Waals surface area contributed by atoms with Gasteiger partial charge in [-0.15, -0.1) is 0 Å². The van der Waals surface area contributed by atoms with E-state index in [9.17, 15) is 4.79 Å². The van der Waals surface area contributed by atoms with Crippen molar-refractivity contribution in [1.82, 2.24) is 0 Å². The van der Waals surface area contributed by atoms with Gasteiger partial charge in [-0.05, 0) is 56.2 Å². The molecular weight excluding hydrogens is 286 g/mol. The third kappa shape index (κ3) is 4.23. The van der Waals surface area contributed by atoms with Crippen LogP contribution in [0.25, 0.3) is 0 Å². The number of benzene rings is 2. The molecule has 2 aromatic carbocycles. The Morgan fingerprint density at radius 3 is 2.57 bits per heavy atom. The average Bonchev–Trinajstić information content (AvgIpc) is 2.43. The molecule has 110 valence electrons. The van der Waals surface area contributed by atoms with Gasteiger partial charge in [0.2, 0.25) is 0 Å². The number of hydrogen-bond acceptors (Lipinski definition) is 2. The molecule has 1 N–H and O–H groups in total. The summed E-state index contributed by atoms with van der Waals surface area (Å²) >= 11 is 6.07. The Morgan fingerprint density at radius 1 is 1.14 bits per heavy atom. The minimum absolute atomic E-state index is 0.210. The second-order valence-corrected chi connectivity index (χ2v) is 5.46. The van der Waals surface area contributed by atoms with Crippen LogP contribution in [0.3, 0.4) is 0 Å². The molecule has 21 heavy (non-hydrogen) atoms. The molecule has 2 rings (SSSR count). The zero-order valence-corrected chi connectivity index (χ0v) is 13.1. The van der Waals surface area contributed by atoms with Crippen molar-refractivity contribution in [2.75, 3.05) is 5.32 Å². The molecule has 0 aliphatic heterocycles. The predicted molar refractivity (Wildman–Crippen MR) is 86.1 cm³/mol. The molecule has 0 saturated carbocycles. The van der Waals surface area contributed by atoms with E-state index in [2.05, 4.69) is 5.32 Å². The van der Waals surface area contributed by atoms with Gasteiger partial charge in [0.25, 0.3) is 5.91 Å². The first-order valence-electron chi connectivity index (χ1n) is 6.76. The van der Waals surface area contributed by atoms with E-state index in [-0.39, 0.29) is 5.91 Å². The highest BCUT2D eigenvalue weighted by atomic mass is 35.5. The van der Waals surface area contributed by atoms with Crippen LogP contribution < -0.4 is 10.1 Å². The lowest BCUT2D eigenvalue weighted by Gasteiger charge is -2.16. The van der Waals surface area contributed by atoms with Gasteiger partial charge in [-0.3, -0.25) is 4.79 Å². The molecule has 0 saturated heterocycles. The number of carbonyl (C=O) groups excluding carboxylic acids is 1. The lowest BCUT2D eigenvalue weighted by atomic mass is 10.2. The molecule has 0 spiro atoms. The van der Waals surface area contributed by atoms with Crippen LogP contribution in [0.1, 0.15) is 18.1 Å². The minimum atomic E-state index is -0.634. The molecule has 0 radical (unpaired) electrons. The van der Waals surface area contributed by atoms with Gasteiger partial charge >= 0.3 is 0 Å². The van der Waals surface area contributed by atoms with Gasteiger partial charge in [-0.2, -0.15) is 0 Å². The third-order valence-electron chi connectivity index (χ3n) is 3.05. The van der Waals surface area contributed by atoms with Crippen LogP contribution in [0, 0.1) is 13.8 Å². The maximum absolute atomic E-state index is 12.1. The average molecular weight is 304 g/mol. The van der Waals surface area contributed by atoms with E-state index in [0.717, 1.165) is 16.8 Å². The summed E-state index contributed by atoms with van der Waals surface area (Å²) in [5, 5.41) is 3.33. The first-order chi connectivity index (χ1) is 9.95. The normalized spacial score (nSPS) is 11.8. The van der Waals surface area contributed by atoms with Crippen LogP contribution in [0.15, 0.2) is 42.5 Å². The van der Waals surface area contributed by atoms with Crippen molar-refractivity contribution >= 4 is 23.2 Å². The van der Waals surface area contributed by atoms with Gasteiger partial charge in [-0.1, -0.05) is 29.8 Å². The van der Waals surface area contributed by atoms with Crippen molar-refractivity contribution in [3.63, 3.8) is 0 Å². The van der Waals surface area contributed by atoms with Crippen molar-refractivity contribution in [2.45, 2.75) is 26.9 Å². The van der Waals surface area contributed by atoms with Gasteiger partial charge in [0.15, 0.2) is 6.10 Å². The van der Waals surface area contributed by atoms with Gasteiger partial charge < -0.3 is 10.1 Å². The van der Waals surface area contributed by atoms with E-state index in [4.69, 9.17) is 16.3 Å². The van der Waals surface area contributed by atoms with Crippen molar-refractivity contribution in [2.24, 2.45) is 0 Å². The largest absolute Gasteiger partial charge is 0.479 e. The summed E-state index contributed by atoms with van der Waals surface area (Å²) in [7, 11) is 0. The second-order valence-electron chi connectivity index (χ2n) is 5.05. The Kier molecular flexibility index (Phi) is 4.86. The van der Waals surface area contributed by atoms with E-state index in [1.807, 2.05) is 50.2 Å². The number of carbonyl (C=O) groups is 1. The summed E-state index contributed by atoms with van der Waals surface area (Å²) in [6.07, 6.45) is -0.634. The van der Waals surface area contributed by atoms with Crippen LogP contribution in [-0.4, -0.2) is 12.0 Å². The number of anilines is 1. The number of amides is 1. The summed E-state index contributed by atoms with van der Waals surface area (Å²) in [6.45, 7) is 5.62. The number of ether oxygens (including phenoxy) is 1. The first kappa shape index (κ1) is 15.4. The Morgan fingerprint density at radius 2 is 1.86 bits per heavy atom. The first-order valence-corrected chi connectivity index (χ1v) is 7.14. The predicted octanol–water partition coefficient (Wildman–Crippen LogP) is 4.36. The molecule has 0 aromatic heterocycles. The molecule has 4 heteroatoms. The summed E-state index contributed by atoms with van der Waals surface area (Å²) in [5.41, 5.74) is 2.87. The zero-order chi connectivity index (χ0) is 15.4. The number of aryl methyl sites for hydroxylation is 2. The highest BCUT2D eigenvalue weighted by molar-refractivity contribution is 6.32. The molecule has 1 amide bonds. The van der Waals surface area contributed by atoms with Crippen LogP contribution in [0.4, 0.5) is 5.69 Å². The van der Waals surface area contributed by atoms with E-state index in [1.54, 1.807) is 13.0 Å². The molecule has 0 heterocycles. The summed E-state index contributed by atoms with van der Waals surface area (Å²) in [6, 6.07) is 13.1. The maximum atomic E-state index is 12.1. The van der Waals surface area contributed by atoms with Crippen molar-refractivity contribution in [3.8, 4) is 5.75 Å². The van der Waals surface area contributed by atoms with E-state index < -0.39 is 6.10 Å². The van der Waals surface area contributed by atoms with Crippen molar-refractivity contribution in [3.05, 3.63) is 58.6 Å². The number of nitrogens with one attached hydrogen (secondary N) is 1. The monoisotopic (exact) mass is 303 g/mol. The maximum Gasteiger partial charge on any atom is 0.265 e. The fourth-order valence-corrected chi connectivity index (χ4v) is 2.07. The van der Waals surface area contributed by atoms with Crippen LogP contribution >= 0.6 is 11.6 Å². The summed E-state index contributed by atoms with van der Waals surface area (Å²) in [4.78, 5) is 12.1. The van der Waals surface area contributed by atoms with Gasteiger partial charge in [0, 0.05) is 5.69 Å². The van der Waals surface area contributed by atoms with Crippen LogP contribution in [-0.2, 0) is 4.79 Å². The Hall–Kier alpha value is -2.00. The number of hydrogen-bond donors (Lipinski definition) is 1. The van der Waals surface area contributed by atoms with Gasteiger partial charge in [-0.25, -0.2) is 0 Å². The molecule has 0 fully saturated rings. The molecule has 0 unspecified atom stereocenters. The number of halogens is 1. The summed E-state index contributed by atoms with van der Waals surface area (Å²) in [5.74, 6) is 0.307. The zero-order valence-electron chi connectivity index (χ0n) is 12.3. The van der Waals surface area contributed by atoms with Gasteiger partial charge in [0.05, 0.1) is 5.02 Å². The highest BCUT2D eigenvalue weighted by Crippen LogP contribution is 2.26. The molecule has 2 aromatic rings. The molecule has 0 aliphatic carbocycles. The van der Waals surface area contributed by atoms with E-state index >= 15 is 0 Å². The lowest BCUT2D eigenvalue weighted by molar-refractivity contribution is -0.122. The molecule has 0 aliphatic rings. The molecule has 1 atom stereocenters. The van der Waals surface area contributed by atoms with E-state index in [0.29, 0.717) is 10.8 Å². The van der Waals surface area contributed by atoms with Gasteiger partial charge in [0.1, 0.15) is 5.75 Å². The molecule has 3 nitrogen and oxygen atoms in total. The minimum Gasteiger partial charge on any atom is -0.479 e. The number of rotatable bonds is 4. The second kappa shape index (κ2) is 6.64. The lowest BCUT2D eigenvalue weighted by Crippen LogP contribution is -2.30. The third-order valence-corrected chi connectivity index (χ3v) is 3.36. The quantitative estimate of drug-likeness (QED) is 0.911. The topological polar surface area (TPSA) is 38.3 Å². The highest BCUT2D eigenvalue weighted by Gasteiger charge is 2.16. The fourth-order valence-electron chi connectivity index (χ4n) is 1.91. The van der Waals surface area contributed by atoms with Crippen molar-refractivity contribution in [1.29, 1.82) is 0 Å². The molecule has 0 bridgehead atoms. The Labute approximate surface area is 129 Å². The van der Waals surface area contributed by atoms with Crippen LogP contribution in [0.5, 0.6) is 5.75 Å². The van der Waals surface area contributed by atoms with Crippen molar-refractivity contribution < 1.29 is 9.53 Å². The van der Waals surface area contributed by atoms with E-state index in [1.165, 1.54) is 0 Å². The summed E-state index contributed by atoms with van der Waals surface area (Å²) < 4.78 is 5.65. The standard InChI is InChI=1S/C17H18ClNO2/c1-11-5-4-6-14(9-11)19-17(20)13(3)21-16-10-12(2)7-8-15(16)18/h4-10,13H,1-3H3,(H,19,20)/t13-/m1/s1. The Balaban J connectivity index is 2.04. The smallest absolute Gasteiger partial charge is 0.265 e. The van der Waals surface area contributed by atoms with Crippen LogP contribution in [0.2, 0.25) is 5.02 Å². The Bertz CT molecular complexity index is 655. The molecular formula is C17H18ClNO2.